The maximum Gasteiger partial charge on any atom is 0.335 e. The quantitative estimate of drug-likeness (QED) is 0.0875. The van der Waals surface area contributed by atoms with Gasteiger partial charge in [0.1, 0.15) is 85.3 Å². The number of hydrogen-bond acceptors (Lipinski definition) is 21. The lowest BCUT2D eigenvalue weighted by molar-refractivity contribution is -0.371. The van der Waals surface area contributed by atoms with E-state index in [1.165, 1.54) is 0 Å². The van der Waals surface area contributed by atoms with Crippen LogP contribution in [0.1, 0.15) is 13.8 Å². The summed E-state index contributed by atoms with van der Waals surface area (Å²) in [6.07, 6.45) is -36.3. The molecular weight excluding hydrogens is 732 g/mol. The minimum Gasteiger partial charge on any atom is -0.479 e. The van der Waals surface area contributed by atoms with Crippen LogP contribution >= 0.6 is 0 Å². The minimum atomic E-state index is -2.28. The Morgan fingerprint density at radius 1 is 0.509 bits per heavy atom. The normalized spacial score (nSPS) is 46.3. The van der Waals surface area contributed by atoms with E-state index in [0.717, 1.165) is 13.8 Å². The Bertz CT molecular complexity index is 1300. The number of nitrogens with one attached hydrogen (secondary N) is 2. The van der Waals surface area contributed by atoms with Crippen LogP contribution < -0.4 is 10.6 Å². The maximum atomic E-state index is 12.4. The smallest absolute Gasteiger partial charge is 0.335 e. The molecular formula is C28H44N2O23. The van der Waals surface area contributed by atoms with Crippen molar-refractivity contribution in [3.8, 4) is 0 Å². The molecule has 53 heavy (non-hydrogen) atoms. The first-order valence-electron chi connectivity index (χ1n) is 16.1. The van der Waals surface area contributed by atoms with Crippen LogP contribution in [0.15, 0.2) is 0 Å². The van der Waals surface area contributed by atoms with Gasteiger partial charge in [0.15, 0.2) is 37.4 Å². The number of amides is 2. The molecule has 0 radical (unpaired) electrons. The van der Waals surface area contributed by atoms with Gasteiger partial charge in [0.05, 0.1) is 13.2 Å². The van der Waals surface area contributed by atoms with Crippen molar-refractivity contribution in [2.24, 2.45) is 0 Å². The van der Waals surface area contributed by atoms with Crippen LogP contribution in [0.2, 0.25) is 0 Å². The molecule has 4 rings (SSSR count). The van der Waals surface area contributed by atoms with Crippen LogP contribution in [-0.2, 0) is 52.3 Å². The molecule has 0 saturated carbocycles. The zero-order chi connectivity index (χ0) is 39.6. The maximum absolute atomic E-state index is 12.4. The molecule has 4 heterocycles. The van der Waals surface area contributed by atoms with Gasteiger partial charge in [0.2, 0.25) is 11.8 Å². The Morgan fingerprint density at radius 3 is 1.51 bits per heavy atom. The Labute approximate surface area is 298 Å². The summed E-state index contributed by atoms with van der Waals surface area (Å²) >= 11 is 0. The van der Waals surface area contributed by atoms with Crippen molar-refractivity contribution >= 4 is 23.8 Å². The lowest BCUT2D eigenvalue weighted by Gasteiger charge is -2.49. The van der Waals surface area contributed by atoms with E-state index >= 15 is 0 Å². The molecule has 0 spiro atoms. The molecule has 14 N–H and O–H groups in total. The van der Waals surface area contributed by atoms with Crippen LogP contribution in [0.4, 0.5) is 0 Å². The molecule has 20 atom stereocenters. The molecule has 0 unspecified atom stereocenters. The first-order valence-corrected chi connectivity index (χ1v) is 16.1. The fourth-order valence-corrected chi connectivity index (χ4v) is 6.29. The fourth-order valence-electron chi connectivity index (χ4n) is 6.29. The van der Waals surface area contributed by atoms with Gasteiger partial charge >= 0.3 is 11.9 Å². The van der Waals surface area contributed by atoms with Crippen molar-refractivity contribution in [3.63, 3.8) is 0 Å². The van der Waals surface area contributed by atoms with Crippen molar-refractivity contribution in [1.82, 2.24) is 10.6 Å². The van der Waals surface area contributed by atoms with Crippen LogP contribution in [0.25, 0.3) is 0 Å². The van der Waals surface area contributed by atoms with Gasteiger partial charge < -0.3 is 105 Å². The largest absolute Gasteiger partial charge is 0.479 e. The SMILES string of the molecule is CC(=O)N[C@H]1[C@@H](O[C@H]2[C@H](O)[C@@H](O)[C@H](O[C@H]3[C@H](O)[C@@H](CO)O[C@@H](O[C@@H]4[C@@H](O)[C@@H](O)[C@@H](C(=O)O)O[C@H]4O)[C@@H]3NC(C)=O)O[C@@H]2C(=O)O)O[C@H](CO)[C@H](O)[C@@H]1O. The average Bonchev–Trinajstić information content (AvgIpc) is 3.08. The minimum absolute atomic E-state index is 0.766. The molecule has 0 aromatic heterocycles. The van der Waals surface area contributed by atoms with Gasteiger partial charge in [-0.1, -0.05) is 0 Å². The summed E-state index contributed by atoms with van der Waals surface area (Å²) in [6.45, 7) is 0.122. The number of rotatable bonds is 12. The van der Waals surface area contributed by atoms with Crippen molar-refractivity contribution < 1.29 is 114 Å². The van der Waals surface area contributed by atoms with Gasteiger partial charge in [-0.05, 0) is 0 Å². The molecule has 2 amide bonds. The van der Waals surface area contributed by atoms with Gasteiger partial charge in [-0.25, -0.2) is 9.59 Å². The third kappa shape index (κ3) is 9.19. The number of aliphatic hydroxyl groups is 10. The highest BCUT2D eigenvalue weighted by molar-refractivity contribution is 5.74. The Balaban J connectivity index is 1.60. The fraction of sp³-hybridized carbons (Fsp3) is 0.857. The van der Waals surface area contributed by atoms with E-state index in [1.807, 2.05) is 0 Å². The van der Waals surface area contributed by atoms with E-state index < -0.39 is 160 Å². The highest BCUT2D eigenvalue weighted by atomic mass is 16.8. The van der Waals surface area contributed by atoms with Crippen molar-refractivity contribution in [2.75, 3.05) is 13.2 Å². The number of aliphatic carboxylic acids is 2. The first kappa shape index (κ1) is 42.9. The van der Waals surface area contributed by atoms with E-state index in [1.54, 1.807) is 0 Å². The van der Waals surface area contributed by atoms with Crippen molar-refractivity contribution in [1.29, 1.82) is 0 Å². The zero-order valence-electron chi connectivity index (χ0n) is 27.8. The zero-order valence-corrected chi connectivity index (χ0v) is 27.8. The molecule has 25 nitrogen and oxygen atoms in total. The molecule has 4 fully saturated rings. The highest BCUT2D eigenvalue weighted by Gasteiger charge is 2.57. The van der Waals surface area contributed by atoms with Crippen molar-refractivity contribution in [2.45, 2.75) is 137 Å². The van der Waals surface area contributed by atoms with E-state index in [-0.39, 0.29) is 0 Å². The highest BCUT2D eigenvalue weighted by Crippen LogP contribution is 2.34. The summed E-state index contributed by atoms with van der Waals surface area (Å²) < 4.78 is 38.0. The number of carbonyl (C=O) groups excluding carboxylic acids is 2. The third-order valence-electron chi connectivity index (χ3n) is 8.94. The monoisotopic (exact) mass is 776 g/mol. The summed E-state index contributed by atoms with van der Waals surface area (Å²) in [6, 6.07) is -3.37. The molecule has 0 aliphatic carbocycles. The topological polar surface area (TPSA) is 400 Å². The van der Waals surface area contributed by atoms with Crippen LogP contribution in [-0.4, -0.2) is 221 Å². The number of aliphatic hydroxyl groups excluding tert-OH is 10. The summed E-state index contributed by atoms with van der Waals surface area (Å²) in [5.41, 5.74) is 0. The number of carbonyl (C=O) groups is 4. The Kier molecular flexibility index (Phi) is 14.4. The predicted octanol–water partition coefficient (Wildman–Crippen LogP) is -9.28. The number of carboxylic acid groups (broad SMARTS) is 2. The van der Waals surface area contributed by atoms with Gasteiger partial charge in [0.25, 0.3) is 0 Å². The first-order chi connectivity index (χ1) is 24.8. The van der Waals surface area contributed by atoms with Crippen LogP contribution in [0.5, 0.6) is 0 Å². The summed E-state index contributed by atoms with van der Waals surface area (Å²) in [5.74, 6) is -5.22. The summed E-state index contributed by atoms with van der Waals surface area (Å²) in [4.78, 5) is 47.9. The van der Waals surface area contributed by atoms with E-state index in [9.17, 15) is 80.5 Å². The van der Waals surface area contributed by atoms with Gasteiger partial charge in [0, 0.05) is 13.8 Å². The van der Waals surface area contributed by atoms with E-state index in [4.69, 9.17) is 33.2 Å². The van der Waals surface area contributed by atoms with Gasteiger partial charge in [-0.15, -0.1) is 0 Å². The molecule has 4 saturated heterocycles. The predicted molar refractivity (Wildman–Crippen MR) is 158 cm³/mol. The Morgan fingerprint density at radius 2 is 0.981 bits per heavy atom. The summed E-state index contributed by atoms with van der Waals surface area (Å²) in [7, 11) is 0. The molecule has 4 aliphatic rings. The molecule has 4 aliphatic heterocycles. The van der Waals surface area contributed by atoms with Crippen molar-refractivity contribution in [3.05, 3.63) is 0 Å². The summed E-state index contributed by atoms with van der Waals surface area (Å²) in [5, 5.41) is 129. The molecule has 25 heteroatoms. The van der Waals surface area contributed by atoms with Crippen LogP contribution in [0, 0.1) is 0 Å². The second-order valence-corrected chi connectivity index (χ2v) is 12.7. The second-order valence-electron chi connectivity index (χ2n) is 12.7. The molecule has 304 valence electrons. The average molecular weight is 777 g/mol. The lowest BCUT2D eigenvalue weighted by Crippen LogP contribution is -2.70. The van der Waals surface area contributed by atoms with Gasteiger partial charge in [-0.2, -0.15) is 0 Å². The second kappa shape index (κ2) is 17.8. The molecule has 0 aromatic carbocycles. The Hall–Kier alpha value is -2.80. The lowest BCUT2D eigenvalue weighted by atomic mass is 9.94. The molecule has 0 bridgehead atoms. The number of hydrogen-bond donors (Lipinski definition) is 14. The standard InChI is InChI=1S/C28H44N2O23/c1-5(33)29-9-13(37)11(35)7(3-31)47-26(9)51-19-16(40)17(41)28(53-22(19)24(44)45)50-18-10(30-6(2)34)27(48-8(4-32)12(18)36)52-21-15(39)14(38)20(23(42)43)49-25(21)46/h7-22,25-28,31-32,35-41,46H,3-4H2,1-2H3,(H,29,33)(H,30,34)(H,42,43)(H,44,45)/t7-,8-,9-,10-,11+,12-,13-,14-,15+,16-,17-,18-,19+,20+,21-,22+,25-,26-,27+,28-/m1/s1. The third-order valence-corrected chi connectivity index (χ3v) is 8.94. The van der Waals surface area contributed by atoms with E-state index in [2.05, 4.69) is 10.6 Å². The van der Waals surface area contributed by atoms with Gasteiger partial charge in [-0.3, -0.25) is 9.59 Å². The van der Waals surface area contributed by atoms with E-state index in [0.29, 0.717) is 0 Å². The number of carboxylic acids is 2. The molecule has 0 aromatic rings. The van der Waals surface area contributed by atoms with Crippen LogP contribution in [0.3, 0.4) is 0 Å². The number of ether oxygens (including phenoxy) is 7.